The number of nitrogens with one attached hydrogen (secondary N) is 1. The van der Waals surface area contributed by atoms with Gasteiger partial charge < -0.3 is 5.32 Å². The standard InChI is InChI=1S/C13H13BrN2/c1-10-4-2-3-5-11(10)7-16-13-6-12(14)8-15-9-13/h2-6,8-9,16H,7H2,1H3. The van der Waals surface area contributed by atoms with Gasteiger partial charge in [-0.25, -0.2) is 0 Å². The van der Waals surface area contributed by atoms with Gasteiger partial charge in [0.15, 0.2) is 0 Å². The number of halogens is 1. The summed E-state index contributed by atoms with van der Waals surface area (Å²) in [5.74, 6) is 0. The first kappa shape index (κ1) is 11.1. The number of hydrogen-bond acceptors (Lipinski definition) is 2. The fourth-order valence-electron chi connectivity index (χ4n) is 1.51. The minimum absolute atomic E-state index is 0.824. The summed E-state index contributed by atoms with van der Waals surface area (Å²) < 4.78 is 0.988. The van der Waals surface area contributed by atoms with Crippen molar-refractivity contribution >= 4 is 21.6 Å². The number of aryl methyl sites for hydroxylation is 1. The van der Waals surface area contributed by atoms with Gasteiger partial charge in [-0.05, 0) is 40.0 Å². The molecule has 0 spiro atoms. The maximum absolute atomic E-state index is 4.11. The Balaban J connectivity index is 2.05. The van der Waals surface area contributed by atoms with Crippen molar-refractivity contribution in [3.8, 4) is 0 Å². The Labute approximate surface area is 104 Å². The average molecular weight is 277 g/mol. The topological polar surface area (TPSA) is 24.9 Å². The second-order valence-electron chi connectivity index (χ2n) is 3.67. The van der Waals surface area contributed by atoms with Gasteiger partial charge in [0.05, 0.1) is 11.9 Å². The van der Waals surface area contributed by atoms with Crippen LogP contribution in [-0.2, 0) is 6.54 Å². The van der Waals surface area contributed by atoms with Crippen molar-refractivity contribution in [2.45, 2.75) is 13.5 Å². The molecular formula is C13H13BrN2. The van der Waals surface area contributed by atoms with Crippen LogP contribution in [0, 0.1) is 6.92 Å². The van der Waals surface area contributed by atoms with Crippen LogP contribution in [0.1, 0.15) is 11.1 Å². The fraction of sp³-hybridized carbons (Fsp3) is 0.154. The van der Waals surface area contributed by atoms with E-state index >= 15 is 0 Å². The van der Waals surface area contributed by atoms with Crippen molar-refractivity contribution in [2.75, 3.05) is 5.32 Å². The Kier molecular flexibility index (Phi) is 3.57. The van der Waals surface area contributed by atoms with Gasteiger partial charge >= 0.3 is 0 Å². The Hall–Kier alpha value is -1.35. The van der Waals surface area contributed by atoms with E-state index in [0.717, 1.165) is 16.7 Å². The highest BCUT2D eigenvalue weighted by atomic mass is 79.9. The van der Waals surface area contributed by atoms with Crippen LogP contribution < -0.4 is 5.32 Å². The van der Waals surface area contributed by atoms with E-state index in [0.29, 0.717) is 0 Å². The van der Waals surface area contributed by atoms with Crippen LogP contribution in [0.5, 0.6) is 0 Å². The first-order valence-corrected chi connectivity index (χ1v) is 5.94. The van der Waals surface area contributed by atoms with Gasteiger partial charge in [-0.1, -0.05) is 24.3 Å². The second kappa shape index (κ2) is 5.12. The van der Waals surface area contributed by atoms with Crippen LogP contribution in [0.3, 0.4) is 0 Å². The number of benzene rings is 1. The largest absolute Gasteiger partial charge is 0.380 e. The average Bonchev–Trinajstić information content (AvgIpc) is 2.28. The second-order valence-corrected chi connectivity index (χ2v) is 4.59. The highest BCUT2D eigenvalue weighted by molar-refractivity contribution is 9.10. The van der Waals surface area contributed by atoms with Gasteiger partial charge in [0.25, 0.3) is 0 Å². The lowest BCUT2D eigenvalue weighted by Crippen LogP contribution is -2.01. The van der Waals surface area contributed by atoms with Gasteiger partial charge in [0, 0.05) is 17.2 Å². The Bertz CT molecular complexity index is 483. The molecule has 0 amide bonds. The molecule has 1 aromatic carbocycles. The lowest BCUT2D eigenvalue weighted by molar-refractivity contribution is 1.11. The molecule has 2 aromatic rings. The van der Waals surface area contributed by atoms with Crippen LogP contribution in [0.2, 0.25) is 0 Å². The molecular weight excluding hydrogens is 264 g/mol. The zero-order valence-corrected chi connectivity index (χ0v) is 10.7. The number of anilines is 1. The molecule has 0 aliphatic rings. The third-order valence-electron chi connectivity index (χ3n) is 2.45. The van der Waals surface area contributed by atoms with Crippen LogP contribution in [0.25, 0.3) is 0 Å². The van der Waals surface area contributed by atoms with Crippen LogP contribution in [0.15, 0.2) is 47.2 Å². The van der Waals surface area contributed by atoms with Gasteiger partial charge in [-0.3, -0.25) is 4.98 Å². The molecule has 1 aromatic heterocycles. The molecule has 82 valence electrons. The van der Waals surface area contributed by atoms with E-state index in [2.05, 4.69) is 57.4 Å². The van der Waals surface area contributed by atoms with E-state index in [-0.39, 0.29) is 0 Å². The molecule has 0 fully saturated rings. The van der Waals surface area contributed by atoms with Crippen molar-refractivity contribution < 1.29 is 0 Å². The van der Waals surface area contributed by atoms with Crippen molar-refractivity contribution in [3.63, 3.8) is 0 Å². The summed E-state index contributed by atoms with van der Waals surface area (Å²) in [5.41, 5.74) is 3.64. The highest BCUT2D eigenvalue weighted by Gasteiger charge is 1.97. The van der Waals surface area contributed by atoms with E-state index < -0.39 is 0 Å². The number of aromatic nitrogens is 1. The fourth-order valence-corrected chi connectivity index (χ4v) is 1.88. The molecule has 2 rings (SSSR count). The minimum Gasteiger partial charge on any atom is -0.380 e. The molecule has 0 saturated carbocycles. The number of hydrogen-bond donors (Lipinski definition) is 1. The molecule has 3 heteroatoms. The van der Waals surface area contributed by atoms with Crippen LogP contribution in [0.4, 0.5) is 5.69 Å². The van der Waals surface area contributed by atoms with E-state index in [1.165, 1.54) is 11.1 Å². The molecule has 1 heterocycles. The van der Waals surface area contributed by atoms with Gasteiger partial charge in [0.1, 0.15) is 0 Å². The highest BCUT2D eigenvalue weighted by Crippen LogP contribution is 2.15. The predicted octanol–water partition coefficient (Wildman–Crippen LogP) is 3.76. The van der Waals surface area contributed by atoms with Gasteiger partial charge in [-0.15, -0.1) is 0 Å². The lowest BCUT2D eigenvalue weighted by Gasteiger charge is -2.08. The maximum atomic E-state index is 4.11. The maximum Gasteiger partial charge on any atom is 0.0540 e. The summed E-state index contributed by atoms with van der Waals surface area (Å²) in [6.45, 7) is 2.95. The molecule has 16 heavy (non-hydrogen) atoms. The SMILES string of the molecule is Cc1ccccc1CNc1cncc(Br)c1. The van der Waals surface area contributed by atoms with Crippen LogP contribution in [-0.4, -0.2) is 4.98 Å². The molecule has 0 unspecified atom stereocenters. The summed E-state index contributed by atoms with van der Waals surface area (Å²) in [4.78, 5) is 4.11. The lowest BCUT2D eigenvalue weighted by atomic mass is 10.1. The van der Waals surface area contributed by atoms with Gasteiger partial charge in [-0.2, -0.15) is 0 Å². The van der Waals surface area contributed by atoms with Crippen molar-refractivity contribution in [1.82, 2.24) is 4.98 Å². The zero-order chi connectivity index (χ0) is 11.4. The molecule has 0 bridgehead atoms. The zero-order valence-electron chi connectivity index (χ0n) is 9.07. The number of pyridine rings is 1. The molecule has 2 nitrogen and oxygen atoms in total. The molecule has 1 N–H and O–H groups in total. The summed E-state index contributed by atoms with van der Waals surface area (Å²) in [7, 11) is 0. The summed E-state index contributed by atoms with van der Waals surface area (Å²) in [5, 5.41) is 3.35. The predicted molar refractivity (Wildman–Crippen MR) is 70.4 cm³/mol. The van der Waals surface area contributed by atoms with E-state index in [1.54, 1.807) is 6.20 Å². The summed E-state index contributed by atoms with van der Waals surface area (Å²) in [6.07, 6.45) is 3.60. The molecule has 0 atom stereocenters. The monoisotopic (exact) mass is 276 g/mol. The first-order chi connectivity index (χ1) is 7.75. The van der Waals surface area contributed by atoms with E-state index in [4.69, 9.17) is 0 Å². The van der Waals surface area contributed by atoms with Gasteiger partial charge in [0.2, 0.25) is 0 Å². The third-order valence-corrected chi connectivity index (χ3v) is 2.88. The smallest absolute Gasteiger partial charge is 0.0540 e. The Morgan fingerprint density at radius 1 is 1.25 bits per heavy atom. The van der Waals surface area contributed by atoms with Crippen LogP contribution >= 0.6 is 15.9 Å². The van der Waals surface area contributed by atoms with E-state index in [9.17, 15) is 0 Å². The Morgan fingerprint density at radius 3 is 2.81 bits per heavy atom. The van der Waals surface area contributed by atoms with Crippen molar-refractivity contribution in [3.05, 3.63) is 58.3 Å². The number of nitrogens with zero attached hydrogens (tertiary/aromatic N) is 1. The molecule has 0 saturated heterocycles. The van der Waals surface area contributed by atoms with E-state index in [1.807, 2.05) is 12.3 Å². The number of rotatable bonds is 3. The first-order valence-electron chi connectivity index (χ1n) is 5.14. The normalized spacial score (nSPS) is 10.1. The third kappa shape index (κ3) is 2.83. The quantitative estimate of drug-likeness (QED) is 0.923. The minimum atomic E-state index is 0.824. The van der Waals surface area contributed by atoms with Crippen molar-refractivity contribution in [2.24, 2.45) is 0 Å². The van der Waals surface area contributed by atoms with Crippen molar-refractivity contribution in [1.29, 1.82) is 0 Å². The summed E-state index contributed by atoms with van der Waals surface area (Å²) >= 11 is 3.40. The molecule has 0 aliphatic carbocycles. The summed E-state index contributed by atoms with van der Waals surface area (Å²) in [6, 6.07) is 10.4. The molecule has 0 aliphatic heterocycles. The molecule has 0 radical (unpaired) electrons. The Morgan fingerprint density at radius 2 is 2.06 bits per heavy atom.